The third-order valence-corrected chi connectivity index (χ3v) is 1.44. The SMILES string of the molecule is CCOC(=O)CC(C)CCO. The van der Waals surface area contributed by atoms with Crippen LogP contribution in [0.1, 0.15) is 26.7 Å². The van der Waals surface area contributed by atoms with Crippen molar-refractivity contribution in [2.45, 2.75) is 26.7 Å². The molecule has 0 radical (unpaired) electrons. The number of ether oxygens (including phenoxy) is 1. The molecule has 0 rings (SSSR count). The quantitative estimate of drug-likeness (QED) is 0.609. The maximum absolute atomic E-state index is 10.8. The summed E-state index contributed by atoms with van der Waals surface area (Å²) < 4.78 is 4.74. The molecular formula is C8H16O3. The van der Waals surface area contributed by atoms with Crippen molar-refractivity contribution in [3.8, 4) is 0 Å². The molecule has 0 bridgehead atoms. The van der Waals surface area contributed by atoms with Crippen LogP contribution in [0.4, 0.5) is 0 Å². The van der Waals surface area contributed by atoms with E-state index in [0.717, 1.165) is 0 Å². The minimum Gasteiger partial charge on any atom is -0.466 e. The van der Waals surface area contributed by atoms with Crippen LogP contribution < -0.4 is 0 Å². The van der Waals surface area contributed by atoms with Crippen LogP contribution in [0.2, 0.25) is 0 Å². The lowest BCUT2D eigenvalue weighted by Crippen LogP contribution is -2.10. The molecule has 0 aliphatic carbocycles. The van der Waals surface area contributed by atoms with Crippen molar-refractivity contribution in [1.29, 1.82) is 0 Å². The molecular weight excluding hydrogens is 144 g/mol. The lowest BCUT2D eigenvalue weighted by atomic mass is 10.1. The Kier molecular flexibility index (Phi) is 5.84. The summed E-state index contributed by atoms with van der Waals surface area (Å²) in [5, 5.41) is 8.53. The van der Waals surface area contributed by atoms with Gasteiger partial charge in [0.15, 0.2) is 0 Å². The molecule has 0 aromatic rings. The predicted octanol–water partition coefficient (Wildman–Crippen LogP) is 0.958. The third kappa shape index (κ3) is 5.85. The van der Waals surface area contributed by atoms with E-state index in [1.807, 2.05) is 6.92 Å². The van der Waals surface area contributed by atoms with Gasteiger partial charge in [-0.05, 0) is 19.3 Å². The molecule has 0 saturated heterocycles. The van der Waals surface area contributed by atoms with Gasteiger partial charge in [-0.15, -0.1) is 0 Å². The maximum atomic E-state index is 10.8. The van der Waals surface area contributed by atoms with E-state index in [-0.39, 0.29) is 18.5 Å². The van der Waals surface area contributed by atoms with Gasteiger partial charge in [0.1, 0.15) is 0 Å². The van der Waals surface area contributed by atoms with Crippen molar-refractivity contribution >= 4 is 5.97 Å². The second kappa shape index (κ2) is 6.16. The zero-order valence-electron chi connectivity index (χ0n) is 7.17. The van der Waals surface area contributed by atoms with Gasteiger partial charge in [0.05, 0.1) is 6.61 Å². The van der Waals surface area contributed by atoms with Gasteiger partial charge >= 0.3 is 5.97 Å². The summed E-state index contributed by atoms with van der Waals surface area (Å²) in [4.78, 5) is 10.8. The fourth-order valence-corrected chi connectivity index (χ4v) is 0.827. The molecule has 66 valence electrons. The topological polar surface area (TPSA) is 46.5 Å². The van der Waals surface area contributed by atoms with Gasteiger partial charge in [-0.1, -0.05) is 6.92 Å². The number of hydrogen-bond acceptors (Lipinski definition) is 3. The molecule has 0 amide bonds. The zero-order chi connectivity index (χ0) is 8.69. The molecule has 1 N–H and O–H groups in total. The lowest BCUT2D eigenvalue weighted by Gasteiger charge is -2.07. The lowest BCUT2D eigenvalue weighted by molar-refractivity contribution is -0.144. The Balaban J connectivity index is 3.40. The van der Waals surface area contributed by atoms with E-state index in [9.17, 15) is 4.79 Å². The number of hydrogen-bond donors (Lipinski definition) is 1. The molecule has 0 aliphatic heterocycles. The van der Waals surface area contributed by atoms with Crippen molar-refractivity contribution in [2.75, 3.05) is 13.2 Å². The molecule has 1 atom stereocenters. The van der Waals surface area contributed by atoms with Gasteiger partial charge in [0.25, 0.3) is 0 Å². The Bertz CT molecular complexity index is 112. The predicted molar refractivity (Wildman–Crippen MR) is 42.1 cm³/mol. The standard InChI is InChI=1S/C8H16O3/c1-3-11-8(10)6-7(2)4-5-9/h7,9H,3-6H2,1-2H3. The van der Waals surface area contributed by atoms with Gasteiger partial charge < -0.3 is 9.84 Å². The number of aliphatic hydroxyl groups excluding tert-OH is 1. The number of rotatable bonds is 5. The molecule has 11 heavy (non-hydrogen) atoms. The Morgan fingerprint density at radius 1 is 1.64 bits per heavy atom. The van der Waals surface area contributed by atoms with Crippen LogP contribution in [0.3, 0.4) is 0 Å². The average Bonchev–Trinajstić information content (AvgIpc) is 1.87. The first-order valence-corrected chi connectivity index (χ1v) is 3.97. The zero-order valence-corrected chi connectivity index (χ0v) is 7.17. The monoisotopic (exact) mass is 160 g/mol. The van der Waals surface area contributed by atoms with Crippen LogP contribution in [-0.4, -0.2) is 24.3 Å². The fourth-order valence-electron chi connectivity index (χ4n) is 0.827. The molecule has 0 fully saturated rings. The van der Waals surface area contributed by atoms with E-state index in [1.54, 1.807) is 6.92 Å². The van der Waals surface area contributed by atoms with Crippen molar-refractivity contribution < 1.29 is 14.6 Å². The summed E-state index contributed by atoms with van der Waals surface area (Å²) >= 11 is 0. The van der Waals surface area contributed by atoms with Gasteiger partial charge in [-0.2, -0.15) is 0 Å². The number of aliphatic hydroxyl groups is 1. The van der Waals surface area contributed by atoms with Gasteiger partial charge in [0, 0.05) is 13.0 Å². The van der Waals surface area contributed by atoms with Crippen molar-refractivity contribution in [3.63, 3.8) is 0 Å². The molecule has 0 aromatic carbocycles. The summed E-state index contributed by atoms with van der Waals surface area (Å²) in [6, 6.07) is 0. The summed E-state index contributed by atoms with van der Waals surface area (Å²) in [6.07, 6.45) is 1.08. The number of esters is 1. The van der Waals surface area contributed by atoms with Crippen LogP contribution in [0, 0.1) is 5.92 Å². The first-order chi connectivity index (χ1) is 5.20. The van der Waals surface area contributed by atoms with Crippen LogP contribution in [0.15, 0.2) is 0 Å². The highest BCUT2D eigenvalue weighted by Gasteiger charge is 2.08. The molecule has 3 heteroatoms. The molecule has 0 saturated carbocycles. The van der Waals surface area contributed by atoms with E-state index < -0.39 is 0 Å². The van der Waals surface area contributed by atoms with E-state index in [2.05, 4.69) is 0 Å². The first kappa shape index (κ1) is 10.4. The van der Waals surface area contributed by atoms with E-state index in [4.69, 9.17) is 9.84 Å². The van der Waals surface area contributed by atoms with Crippen LogP contribution in [-0.2, 0) is 9.53 Å². The van der Waals surface area contributed by atoms with E-state index >= 15 is 0 Å². The van der Waals surface area contributed by atoms with Crippen molar-refractivity contribution in [2.24, 2.45) is 5.92 Å². The summed E-state index contributed by atoms with van der Waals surface area (Å²) in [5.41, 5.74) is 0. The summed E-state index contributed by atoms with van der Waals surface area (Å²) in [5.74, 6) is 0.0486. The van der Waals surface area contributed by atoms with Gasteiger partial charge in [-0.25, -0.2) is 0 Å². The third-order valence-electron chi connectivity index (χ3n) is 1.44. The second-order valence-corrected chi connectivity index (χ2v) is 2.63. The Hall–Kier alpha value is -0.570. The molecule has 1 unspecified atom stereocenters. The fraction of sp³-hybridized carbons (Fsp3) is 0.875. The molecule has 0 aliphatic rings. The highest BCUT2D eigenvalue weighted by atomic mass is 16.5. The minimum atomic E-state index is -0.173. The second-order valence-electron chi connectivity index (χ2n) is 2.63. The van der Waals surface area contributed by atoms with Crippen LogP contribution >= 0.6 is 0 Å². The molecule has 0 spiro atoms. The molecule has 3 nitrogen and oxygen atoms in total. The van der Waals surface area contributed by atoms with Gasteiger partial charge in [-0.3, -0.25) is 4.79 Å². The Labute approximate surface area is 67.4 Å². The molecule has 0 aromatic heterocycles. The Morgan fingerprint density at radius 2 is 2.27 bits per heavy atom. The maximum Gasteiger partial charge on any atom is 0.306 e. The summed E-state index contributed by atoms with van der Waals surface area (Å²) in [7, 11) is 0. The number of carbonyl (C=O) groups is 1. The first-order valence-electron chi connectivity index (χ1n) is 3.97. The Morgan fingerprint density at radius 3 is 2.73 bits per heavy atom. The highest BCUT2D eigenvalue weighted by Crippen LogP contribution is 2.07. The van der Waals surface area contributed by atoms with Crippen molar-refractivity contribution in [1.82, 2.24) is 0 Å². The van der Waals surface area contributed by atoms with Crippen LogP contribution in [0.25, 0.3) is 0 Å². The average molecular weight is 160 g/mol. The van der Waals surface area contributed by atoms with Crippen LogP contribution in [0.5, 0.6) is 0 Å². The highest BCUT2D eigenvalue weighted by molar-refractivity contribution is 5.69. The summed E-state index contributed by atoms with van der Waals surface area (Å²) in [6.45, 7) is 4.28. The largest absolute Gasteiger partial charge is 0.466 e. The smallest absolute Gasteiger partial charge is 0.306 e. The van der Waals surface area contributed by atoms with Gasteiger partial charge in [0.2, 0.25) is 0 Å². The minimum absolute atomic E-state index is 0.139. The van der Waals surface area contributed by atoms with E-state index in [0.29, 0.717) is 19.4 Å². The number of carbonyl (C=O) groups excluding carboxylic acids is 1. The van der Waals surface area contributed by atoms with E-state index in [1.165, 1.54) is 0 Å². The normalized spacial score (nSPS) is 12.6. The molecule has 0 heterocycles. The van der Waals surface area contributed by atoms with Crippen molar-refractivity contribution in [3.05, 3.63) is 0 Å².